The SMILES string of the molecule is COC(=O)CC(O)CC(O)CCC1C(C(C)C)CC(C)=NC1C1C=CC(F)CC1. The number of esters is 1. The molecule has 0 spiro atoms. The largest absolute Gasteiger partial charge is 0.469 e. The number of hydrogen-bond donors (Lipinski definition) is 2. The van der Waals surface area contributed by atoms with Gasteiger partial charge in [0.25, 0.3) is 0 Å². The number of methoxy groups -OCH3 is 1. The molecule has 7 unspecified atom stereocenters. The molecule has 0 bridgehead atoms. The molecule has 2 N–H and O–H groups in total. The number of alkyl halides is 1. The normalized spacial score (nSPS) is 32.0. The third-order valence-corrected chi connectivity index (χ3v) is 6.53. The minimum atomic E-state index is -0.900. The molecule has 0 radical (unpaired) electrons. The maximum Gasteiger partial charge on any atom is 0.308 e. The highest BCUT2D eigenvalue weighted by atomic mass is 19.1. The van der Waals surface area contributed by atoms with Crippen LogP contribution in [0.15, 0.2) is 17.1 Å². The molecule has 166 valence electrons. The van der Waals surface area contributed by atoms with Crippen LogP contribution in [0.1, 0.15) is 65.7 Å². The quantitative estimate of drug-likeness (QED) is 0.446. The molecule has 1 heterocycles. The molecule has 0 aromatic carbocycles. The van der Waals surface area contributed by atoms with Crippen LogP contribution in [0.4, 0.5) is 4.39 Å². The Kier molecular flexibility index (Phi) is 9.28. The highest BCUT2D eigenvalue weighted by Gasteiger charge is 2.39. The van der Waals surface area contributed by atoms with Crippen LogP contribution in [0.5, 0.6) is 0 Å². The number of aliphatic imine (C=N–C) groups is 1. The summed E-state index contributed by atoms with van der Waals surface area (Å²) in [5.41, 5.74) is 1.16. The van der Waals surface area contributed by atoms with Crippen LogP contribution in [0.3, 0.4) is 0 Å². The molecule has 0 saturated carbocycles. The topological polar surface area (TPSA) is 79.1 Å². The second kappa shape index (κ2) is 11.2. The molecule has 2 rings (SSSR count). The zero-order valence-corrected chi connectivity index (χ0v) is 18.3. The molecular weight excluding hydrogens is 373 g/mol. The number of hydrogen-bond acceptors (Lipinski definition) is 5. The van der Waals surface area contributed by atoms with E-state index < -0.39 is 24.3 Å². The van der Waals surface area contributed by atoms with Gasteiger partial charge < -0.3 is 14.9 Å². The van der Waals surface area contributed by atoms with Crippen molar-refractivity contribution < 1.29 is 24.1 Å². The number of aliphatic hydroxyl groups is 2. The van der Waals surface area contributed by atoms with Crippen molar-refractivity contribution in [3.63, 3.8) is 0 Å². The van der Waals surface area contributed by atoms with Gasteiger partial charge in [-0.25, -0.2) is 4.39 Å². The van der Waals surface area contributed by atoms with E-state index in [0.29, 0.717) is 30.6 Å². The first-order chi connectivity index (χ1) is 13.7. The Morgan fingerprint density at radius 2 is 2.00 bits per heavy atom. The summed E-state index contributed by atoms with van der Waals surface area (Å²) in [6, 6.07) is 0.118. The molecule has 1 aliphatic carbocycles. The highest BCUT2D eigenvalue weighted by Crippen LogP contribution is 2.41. The number of carbonyl (C=O) groups is 1. The lowest BCUT2D eigenvalue weighted by Gasteiger charge is -2.42. The van der Waals surface area contributed by atoms with Crippen LogP contribution in [0, 0.1) is 23.7 Å². The Bertz CT molecular complexity index is 591. The summed E-state index contributed by atoms with van der Waals surface area (Å²) in [4.78, 5) is 16.3. The molecule has 29 heavy (non-hydrogen) atoms. The average molecular weight is 412 g/mol. The number of ether oxygens (including phenoxy) is 1. The van der Waals surface area contributed by atoms with E-state index >= 15 is 0 Å². The van der Waals surface area contributed by atoms with Crippen molar-refractivity contribution in [2.45, 2.75) is 90.1 Å². The Balaban J connectivity index is 2.04. The van der Waals surface area contributed by atoms with Crippen molar-refractivity contribution in [3.05, 3.63) is 12.2 Å². The second-order valence-electron chi connectivity index (χ2n) is 9.17. The lowest BCUT2D eigenvalue weighted by molar-refractivity contribution is -0.143. The van der Waals surface area contributed by atoms with Gasteiger partial charge in [0, 0.05) is 5.71 Å². The summed E-state index contributed by atoms with van der Waals surface area (Å²) in [5, 5.41) is 20.4. The lowest BCUT2D eigenvalue weighted by Crippen LogP contribution is -2.41. The van der Waals surface area contributed by atoms with E-state index in [-0.39, 0.29) is 24.8 Å². The molecule has 0 saturated heterocycles. The van der Waals surface area contributed by atoms with Crippen molar-refractivity contribution in [1.29, 1.82) is 0 Å². The number of halogens is 1. The molecule has 0 aromatic rings. The van der Waals surface area contributed by atoms with E-state index in [0.717, 1.165) is 25.0 Å². The first kappa shape index (κ1) is 24.0. The smallest absolute Gasteiger partial charge is 0.308 e. The van der Waals surface area contributed by atoms with Crippen LogP contribution in [-0.2, 0) is 9.53 Å². The zero-order chi connectivity index (χ0) is 21.6. The summed E-state index contributed by atoms with van der Waals surface area (Å²) < 4.78 is 18.2. The van der Waals surface area contributed by atoms with Crippen molar-refractivity contribution in [2.24, 2.45) is 28.7 Å². The first-order valence-corrected chi connectivity index (χ1v) is 11.0. The van der Waals surface area contributed by atoms with Gasteiger partial charge in [-0.2, -0.15) is 0 Å². The summed E-state index contributed by atoms with van der Waals surface area (Å²) in [5.74, 6) is 1.05. The highest BCUT2D eigenvalue weighted by molar-refractivity contribution is 5.83. The van der Waals surface area contributed by atoms with E-state index in [4.69, 9.17) is 4.99 Å². The Morgan fingerprint density at radius 1 is 1.28 bits per heavy atom. The number of allylic oxidation sites excluding steroid dienone is 1. The maximum absolute atomic E-state index is 13.6. The number of nitrogens with zero attached hydrogens (tertiary/aromatic N) is 1. The van der Waals surface area contributed by atoms with Gasteiger partial charge in [0.2, 0.25) is 0 Å². The number of carbonyl (C=O) groups excluding carboxylic acids is 1. The summed E-state index contributed by atoms with van der Waals surface area (Å²) in [6.07, 6.45) is 4.99. The standard InChI is InChI=1S/C23H38FNO4/c1-14(2)21-11-15(3)25-23(16-5-7-17(24)8-6-16)20(21)10-9-18(26)12-19(27)13-22(28)29-4/h5,7,14,16-21,23,26-27H,6,8-13H2,1-4H3. The van der Waals surface area contributed by atoms with Crippen LogP contribution >= 0.6 is 0 Å². The van der Waals surface area contributed by atoms with E-state index in [2.05, 4.69) is 25.5 Å². The fourth-order valence-corrected chi connectivity index (χ4v) is 4.94. The van der Waals surface area contributed by atoms with Gasteiger partial charge in [0.05, 0.1) is 31.8 Å². The Morgan fingerprint density at radius 3 is 2.59 bits per heavy atom. The minimum Gasteiger partial charge on any atom is -0.469 e. The molecule has 0 aromatic heterocycles. The van der Waals surface area contributed by atoms with E-state index in [9.17, 15) is 19.4 Å². The van der Waals surface area contributed by atoms with Crippen LogP contribution < -0.4 is 0 Å². The monoisotopic (exact) mass is 411 g/mol. The molecule has 6 heteroatoms. The van der Waals surface area contributed by atoms with Gasteiger partial charge in [-0.3, -0.25) is 9.79 Å². The molecule has 7 atom stereocenters. The zero-order valence-electron chi connectivity index (χ0n) is 18.3. The van der Waals surface area contributed by atoms with Crippen LogP contribution in [0.2, 0.25) is 0 Å². The third-order valence-electron chi connectivity index (χ3n) is 6.53. The lowest BCUT2D eigenvalue weighted by atomic mass is 9.67. The maximum atomic E-state index is 13.6. The van der Waals surface area contributed by atoms with Gasteiger partial charge >= 0.3 is 5.97 Å². The number of aliphatic hydroxyl groups excluding tert-OH is 2. The summed E-state index contributed by atoms with van der Waals surface area (Å²) in [7, 11) is 1.29. The average Bonchev–Trinajstić information content (AvgIpc) is 2.66. The van der Waals surface area contributed by atoms with Crippen molar-refractivity contribution >= 4 is 11.7 Å². The van der Waals surface area contributed by atoms with E-state index in [1.807, 2.05) is 6.08 Å². The Labute approximate surface area is 174 Å². The predicted molar refractivity (Wildman–Crippen MR) is 113 cm³/mol. The van der Waals surface area contributed by atoms with Crippen molar-refractivity contribution in [2.75, 3.05) is 7.11 Å². The van der Waals surface area contributed by atoms with Crippen LogP contribution in [-0.4, -0.2) is 53.4 Å². The number of rotatable bonds is 9. The van der Waals surface area contributed by atoms with Crippen molar-refractivity contribution in [3.8, 4) is 0 Å². The van der Waals surface area contributed by atoms with Crippen LogP contribution in [0.25, 0.3) is 0 Å². The minimum absolute atomic E-state index is 0.102. The van der Waals surface area contributed by atoms with Crippen molar-refractivity contribution in [1.82, 2.24) is 0 Å². The second-order valence-corrected chi connectivity index (χ2v) is 9.17. The summed E-state index contributed by atoms with van der Waals surface area (Å²) >= 11 is 0. The fourth-order valence-electron chi connectivity index (χ4n) is 4.94. The van der Waals surface area contributed by atoms with Gasteiger partial charge in [-0.1, -0.05) is 26.0 Å². The summed E-state index contributed by atoms with van der Waals surface area (Å²) in [6.45, 7) is 6.55. The van der Waals surface area contributed by atoms with E-state index in [1.165, 1.54) is 7.11 Å². The van der Waals surface area contributed by atoms with Gasteiger partial charge in [-0.15, -0.1) is 0 Å². The molecule has 1 aliphatic heterocycles. The molecule has 0 fully saturated rings. The predicted octanol–water partition coefficient (Wildman–Crippen LogP) is 3.87. The molecule has 0 amide bonds. The van der Waals surface area contributed by atoms with Gasteiger partial charge in [-0.05, 0) is 69.1 Å². The first-order valence-electron chi connectivity index (χ1n) is 11.0. The third kappa shape index (κ3) is 7.18. The fraction of sp³-hybridized carbons (Fsp3) is 0.826. The van der Waals surface area contributed by atoms with E-state index in [1.54, 1.807) is 6.08 Å². The molecular formula is C23H38FNO4. The molecule has 2 aliphatic rings. The molecule has 5 nitrogen and oxygen atoms in total. The van der Waals surface area contributed by atoms with Gasteiger partial charge in [0.15, 0.2) is 0 Å². The Hall–Kier alpha value is -1.27. The van der Waals surface area contributed by atoms with Gasteiger partial charge in [0.1, 0.15) is 6.17 Å².